The number of amides is 1. The van der Waals surface area contributed by atoms with Gasteiger partial charge in [0.15, 0.2) is 11.5 Å². The Morgan fingerprint density at radius 1 is 1.26 bits per heavy atom. The van der Waals surface area contributed by atoms with Gasteiger partial charge in [-0.25, -0.2) is 0 Å². The monoisotopic (exact) mass is 263 g/mol. The van der Waals surface area contributed by atoms with Gasteiger partial charge in [0.1, 0.15) is 0 Å². The second-order valence-electron chi connectivity index (χ2n) is 4.66. The number of benzene rings is 1. The van der Waals surface area contributed by atoms with Crippen molar-refractivity contribution in [2.24, 2.45) is 0 Å². The zero-order chi connectivity index (χ0) is 14.0. The minimum absolute atomic E-state index is 0.251. The second-order valence-corrected chi connectivity index (χ2v) is 4.66. The number of hydrogen-bond donors (Lipinski definition) is 0. The quantitative estimate of drug-likeness (QED) is 0.769. The lowest BCUT2D eigenvalue weighted by Gasteiger charge is -2.16. The molecule has 0 unspecified atom stereocenters. The predicted molar refractivity (Wildman–Crippen MR) is 69.3 cm³/mol. The summed E-state index contributed by atoms with van der Waals surface area (Å²) in [6.45, 7) is 4.02. The molecule has 0 aliphatic carbocycles. The van der Waals surface area contributed by atoms with Gasteiger partial charge in [-0.3, -0.25) is 9.59 Å². The zero-order valence-corrected chi connectivity index (χ0v) is 11.4. The van der Waals surface area contributed by atoms with Crippen LogP contribution in [-0.4, -0.2) is 37.0 Å². The summed E-state index contributed by atoms with van der Waals surface area (Å²) in [5.74, 6) is 0.596. The van der Waals surface area contributed by atoms with Crippen LogP contribution in [0.2, 0.25) is 0 Å². The first-order valence-electron chi connectivity index (χ1n) is 6.14. The van der Waals surface area contributed by atoms with Crippen LogP contribution in [0.3, 0.4) is 0 Å². The summed E-state index contributed by atoms with van der Waals surface area (Å²) in [6.07, 6.45) is 0.679. The number of carbonyl (C=O) groups excluding carboxylic acids is 2. The molecule has 2 rings (SSSR count). The van der Waals surface area contributed by atoms with Crippen LogP contribution in [-0.2, 0) is 16.0 Å². The second kappa shape index (κ2) is 5.30. The van der Waals surface area contributed by atoms with E-state index >= 15 is 0 Å². The molecule has 1 aliphatic heterocycles. The maximum atomic E-state index is 11.5. The van der Waals surface area contributed by atoms with E-state index in [4.69, 9.17) is 9.47 Å². The van der Waals surface area contributed by atoms with Crippen molar-refractivity contribution in [3.8, 4) is 11.5 Å². The Balaban J connectivity index is 2.04. The van der Waals surface area contributed by atoms with E-state index < -0.39 is 11.7 Å². The van der Waals surface area contributed by atoms with Gasteiger partial charge in [0.2, 0.25) is 12.6 Å². The first-order valence-corrected chi connectivity index (χ1v) is 6.14. The van der Waals surface area contributed by atoms with Crippen LogP contribution < -0.4 is 9.47 Å². The number of Topliss-reactive ketones (excluding diaryl/α,β-unsaturated/α-hetero) is 1. The van der Waals surface area contributed by atoms with Crippen molar-refractivity contribution in [1.82, 2.24) is 4.90 Å². The molecule has 5 nitrogen and oxygen atoms in total. The normalized spacial score (nSPS) is 12.4. The zero-order valence-electron chi connectivity index (χ0n) is 11.4. The van der Waals surface area contributed by atoms with Crippen molar-refractivity contribution in [3.05, 3.63) is 23.3 Å². The van der Waals surface area contributed by atoms with Crippen LogP contribution >= 0.6 is 0 Å². The van der Waals surface area contributed by atoms with Gasteiger partial charge in [-0.1, -0.05) is 0 Å². The Labute approximate surface area is 112 Å². The van der Waals surface area contributed by atoms with Crippen molar-refractivity contribution in [1.29, 1.82) is 0 Å². The number of rotatable bonds is 4. The third-order valence-corrected chi connectivity index (χ3v) is 3.20. The summed E-state index contributed by atoms with van der Waals surface area (Å²) in [5, 5.41) is 0. The molecule has 1 aromatic rings. The molecular formula is C14H17NO4. The largest absolute Gasteiger partial charge is 0.454 e. The van der Waals surface area contributed by atoms with E-state index in [0.29, 0.717) is 13.0 Å². The van der Waals surface area contributed by atoms with Crippen LogP contribution in [0.1, 0.15) is 18.1 Å². The predicted octanol–water partition coefficient (Wildman–Crippen LogP) is 1.31. The van der Waals surface area contributed by atoms with Gasteiger partial charge in [0.25, 0.3) is 5.91 Å². The Hall–Kier alpha value is -2.04. The molecular weight excluding hydrogens is 246 g/mol. The number of carbonyl (C=O) groups is 2. The molecule has 0 radical (unpaired) electrons. The van der Waals surface area contributed by atoms with Crippen molar-refractivity contribution in [3.63, 3.8) is 0 Å². The molecule has 0 N–H and O–H groups in total. The SMILES string of the molecule is CC(=O)C(=O)N(C)CCc1cc2c(cc1C)OCO2. The molecule has 0 saturated carbocycles. The van der Waals surface area contributed by atoms with Gasteiger partial charge in [-0.05, 0) is 36.6 Å². The molecule has 0 aromatic heterocycles. The minimum atomic E-state index is -0.460. The Morgan fingerprint density at radius 2 is 1.89 bits per heavy atom. The van der Waals surface area contributed by atoms with E-state index in [1.54, 1.807) is 7.05 Å². The highest BCUT2D eigenvalue weighted by atomic mass is 16.7. The molecule has 1 amide bonds. The van der Waals surface area contributed by atoms with Crippen LogP contribution in [0.15, 0.2) is 12.1 Å². The van der Waals surface area contributed by atoms with Gasteiger partial charge in [0.05, 0.1) is 0 Å². The number of ketones is 1. The summed E-state index contributed by atoms with van der Waals surface area (Å²) in [4.78, 5) is 23.9. The summed E-state index contributed by atoms with van der Waals surface area (Å²) in [5.41, 5.74) is 2.18. The van der Waals surface area contributed by atoms with E-state index in [0.717, 1.165) is 22.6 Å². The minimum Gasteiger partial charge on any atom is -0.454 e. The summed E-state index contributed by atoms with van der Waals surface area (Å²) in [7, 11) is 1.63. The van der Waals surface area contributed by atoms with Gasteiger partial charge in [0, 0.05) is 20.5 Å². The lowest BCUT2D eigenvalue weighted by molar-refractivity contribution is -0.142. The van der Waals surface area contributed by atoms with Crippen LogP contribution in [0.25, 0.3) is 0 Å². The molecule has 1 heterocycles. The van der Waals surface area contributed by atoms with Gasteiger partial charge >= 0.3 is 0 Å². The number of likely N-dealkylation sites (N-methyl/N-ethyl adjacent to an activating group) is 1. The highest BCUT2D eigenvalue weighted by molar-refractivity contribution is 6.34. The maximum absolute atomic E-state index is 11.5. The van der Waals surface area contributed by atoms with E-state index in [9.17, 15) is 9.59 Å². The highest BCUT2D eigenvalue weighted by Gasteiger charge is 2.17. The van der Waals surface area contributed by atoms with Crippen molar-refractivity contribution >= 4 is 11.7 Å². The van der Waals surface area contributed by atoms with E-state index in [-0.39, 0.29) is 6.79 Å². The first kappa shape index (κ1) is 13.4. The molecule has 0 fully saturated rings. The highest BCUT2D eigenvalue weighted by Crippen LogP contribution is 2.34. The summed E-state index contributed by atoms with van der Waals surface area (Å²) in [6, 6.07) is 3.87. The number of fused-ring (bicyclic) bond motifs is 1. The molecule has 0 saturated heterocycles. The Bertz CT molecular complexity index is 524. The third kappa shape index (κ3) is 2.86. The van der Waals surface area contributed by atoms with Crippen LogP contribution in [0, 0.1) is 6.92 Å². The fraction of sp³-hybridized carbons (Fsp3) is 0.429. The third-order valence-electron chi connectivity index (χ3n) is 3.20. The number of aryl methyl sites for hydroxylation is 1. The molecule has 1 aliphatic rings. The fourth-order valence-electron chi connectivity index (χ4n) is 2.01. The van der Waals surface area contributed by atoms with E-state index in [1.165, 1.54) is 11.8 Å². The van der Waals surface area contributed by atoms with E-state index in [1.807, 2.05) is 19.1 Å². The average molecular weight is 263 g/mol. The Kier molecular flexibility index (Phi) is 3.74. The smallest absolute Gasteiger partial charge is 0.289 e. The van der Waals surface area contributed by atoms with Gasteiger partial charge in [-0.15, -0.1) is 0 Å². The van der Waals surface area contributed by atoms with Crippen molar-refractivity contribution in [2.75, 3.05) is 20.4 Å². The molecule has 5 heteroatoms. The standard InChI is InChI=1S/C14H17NO4/c1-9-6-12-13(19-8-18-12)7-11(9)4-5-15(3)14(17)10(2)16/h6-7H,4-5,8H2,1-3H3. The fourth-order valence-corrected chi connectivity index (χ4v) is 2.01. The molecule has 102 valence electrons. The lowest BCUT2D eigenvalue weighted by atomic mass is 10.0. The summed E-state index contributed by atoms with van der Waals surface area (Å²) < 4.78 is 10.6. The molecule has 0 bridgehead atoms. The van der Waals surface area contributed by atoms with Crippen LogP contribution in [0.4, 0.5) is 0 Å². The Morgan fingerprint density at radius 3 is 2.53 bits per heavy atom. The van der Waals surface area contributed by atoms with Crippen LogP contribution in [0.5, 0.6) is 11.5 Å². The molecule has 0 atom stereocenters. The van der Waals surface area contributed by atoms with Crippen molar-refractivity contribution in [2.45, 2.75) is 20.3 Å². The molecule has 19 heavy (non-hydrogen) atoms. The molecule has 1 aromatic carbocycles. The number of ether oxygens (including phenoxy) is 2. The van der Waals surface area contributed by atoms with Gasteiger partial charge < -0.3 is 14.4 Å². The lowest BCUT2D eigenvalue weighted by Crippen LogP contribution is -2.33. The molecule has 0 spiro atoms. The summed E-state index contributed by atoms with van der Waals surface area (Å²) >= 11 is 0. The van der Waals surface area contributed by atoms with E-state index in [2.05, 4.69) is 0 Å². The average Bonchev–Trinajstić information content (AvgIpc) is 2.81. The number of hydrogen-bond acceptors (Lipinski definition) is 4. The topological polar surface area (TPSA) is 55.8 Å². The first-order chi connectivity index (χ1) is 8.99. The van der Waals surface area contributed by atoms with Gasteiger partial charge in [-0.2, -0.15) is 0 Å². The maximum Gasteiger partial charge on any atom is 0.289 e. The number of nitrogens with zero attached hydrogens (tertiary/aromatic N) is 1. The van der Waals surface area contributed by atoms with Crippen molar-refractivity contribution < 1.29 is 19.1 Å².